The smallest absolute Gasteiger partial charge is 0.337 e. The Kier molecular flexibility index (Phi) is 3.80. The fourth-order valence-electron chi connectivity index (χ4n) is 2.08. The first-order chi connectivity index (χ1) is 8.49. The summed E-state index contributed by atoms with van der Waals surface area (Å²) in [5.41, 5.74) is 1.08. The molecule has 2 heterocycles. The van der Waals surface area contributed by atoms with Gasteiger partial charge in [0, 0.05) is 29.8 Å². The lowest BCUT2D eigenvalue weighted by Crippen LogP contribution is -2.28. The van der Waals surface area contributed by atoms with E-state index in [0.29, 0.717) is 5.56 Å². The predicted molar refractivity (Wildman–Crippen MR) is 74.6 cm³/mol. The maximum Gasteiger partial charge on any atom is 0.337 e. The molecule has 0 amide bonds. The highest BCUT2D eigenvalue weighted by atomic mass is 32.2. The highest BCUT2D eigenvalue weighted by molar-refractivity contribution is 8.00. The number of carboxylic acid groups (broad SMARTS) is 1. The molecular formula is C13H18N2O2S. The van der Waals surface area contributed by atoms with Crippen molar-refractivity contribution in [3.8, 4) is 0 Å². The third-order valence-electron chi connectivity index (χ3n) is 3.21. The van der Waals surface area contributed by atoms with E-state index in [4.69, 9.17) is 0 Å². The van der Waals surface area contributed by atoms with Crippen molar-refractivity contribution in [2.45, 2.75) is 25.0 Å². The number of hydrogen-bond donors (Lipinski definition) is 1. The lowest BCUT2D eigenvalue weighted by atomic mass is 10.1. The molecule has 1 aliphatic rings. The van der Waals surface area contributed by atoms with E-state index in [2.05, 4.69) is 23.7 Å². The van der Waals surface area contributed by atoms with E-state index in [-0.39, 0.29) is 4.75 Å². The van der Waals surface area contributed by atoms with Gasteiger partial charge in [0.2, 0.25) is 0 Å². The van der Waals surface area contributed by atoms with E-state index < -0.39 is 5.97 Å². The second-order valence-corrected chi connectivity index (χ2v) is 6.85. The zero-order valence-electron chi connectivity index (χ0n) is 10.7. The average Bonchev–Trinajstić information content (AvgIpc) is 2.50. The van der Waals surface area contributed by atoms with Crippen LogP contribution in [0.25, 0.3) is 0 Å². The summed E-state index contributed by atoms with van der Waals surface area (Å²) in [6.45, 7) is 6.23. The highest BCUT2D eigenvalue weighted by Gasteiger charge is 2.25. The summed E-state index contributed by atoms with van der Waals surface area (Å²) in [7, 11) is 0. The van der Waals surface area contributed by atoms with Gasteiger partial charge in [-0.15, -0.1) is 0 Å². The number of rotatable bonds is 2. The molecule has 0 aromatic carbocycles. The Morgan fingerprint density at radius 2 is 2.28 bits per heavy atom. The van der Waals surface area contributed by atoms with Gasteiger partial charge in [0.25, 0.3) is 0 Å². The number of hydrogen-bond acceptors (Lipinski definition) is 4. The van der Waals surface area contributed by atoms with Crippen LogP contribution in [0, 0.1) is 0 Å². The first kappa shape index (κ1) is 13.2. The van der Waals surface area contributed by atoms with Crippen molar-refractivity contribution < 1.29 is 9.90 Å². The largest absolute Gasteiger partial charge is 0.478 e. The van der Waals surface area contributed by atoms with Crippen molar-refractivity contribution >= 4 is 23.4 Å². The molecule has 0 atom stereocenters. The van der Waals surface area contributed by atoms with Gasteiger partial charge in [-0.05, 0) is 12.5 Å². The quantitative estimate of drug-likeness (QED) is 0.891. The first-order valence-corrected chi connectivity index (χ1v) is 7.04. The van der Waals surface area contributed by atoms with Crippen LogP contribution in [0.5, 0.6) is 0 Å². The topological polar surface area (TPSA) is 53.4 Å². The molecule has 0 bridgehead atoms. The highest BCUT2D eigenvalue weighted by Crippen LogP contribution is 2.32. The Balaban J connectivity index is 2.24. The second kappa shape index (κ2) is 5.18. The Bertz CT molecular complexity index is 448. The average molecular weight is 266 g/mol. The minimum atomic E-state index is -0.886. The predicted octanol–water partition coefficient (Wildman–Crippen LogP) is 2.50. The van der Waals surface area contributed by atoms with Crippen LogP contribution < -0.4 is 4.90 Å². The fraction of sp³-hybridized carbons (Fsp3) is 0.538. The van der Waals surface area contributed by atoms with Gasteiger partial charge >= 0.3 is 5.97 Å². The minimum Gasteiger partial charge on any atom is -0.478 e. The van der Waals surface area contributed by atoms with E-state index in [1.807, 2.05) is 11.8 Å². The zero-order chi connectivity index (χ0) is 13.2. The van der Waals surface area contributed by atoms with Crippen molar-refractivity contribution in [2.24, 2.45) is 0 Å². The van der Waals surface area contributed by atoms with Gasteiger partial charge in [-0.1, -0.05) is 13.8 Å². The van der Waals surface area contributed by atoms with Crippen LogP contribution in [0.2, 0.25) is 0 Å². The normalized spacial score (nSPS) is 19.3. The molecule has 1 aromatic rings. The number of nitrogens with zero attached hydrogens (tertiary/aromatic N) is 2. The van der Waals surface area contributed by atoms with Crippen LogP contribution in [0.15, 0.2) is 18.5 Å². The molecule has 18 heavy (non-hydrogen) atoms. The summed E-state index contributed by atoms with van der Waals surface area (Å²) in [5.74, 6) is 0.129. The van der Waals surface area contributed by atoms with Gasteiger partial charge in [0.15, 0.2) is 0 Å². The third kappa shape index (κ3) is 2.96. The van der Waals surface area contributed by atoms with Gasteiger partial charge < -0.3 is 10.0 Å². The molecule has 1 N–H and O–H groups in total. The van der Waals surface area contributed by atoms with Crippen LogP contribution in [0.3, 0.4) is 0 Å². The molecule has 5 heteroatoms. The molecule has 2 rings (SSSR count). The molecule has 0 unspecified atom stereocenters. The Morgan fingerprint density at radius 1 is 1.50 bits per heavy atom. The molecule has 1 aromatic heterocycles. The molecule has 4 nitrogen and oxygen atoms in total. The van der Waals surface area contributed by atoms with Crippen molar-refractivity contribution in [3.05, 3.63) is 24.0 Å². The summed E-state index contributed by atoms with van der Waals surface area (Å²) in [4.78, 5) is 17.4. The molecule has 1 saturated heterocycles. The lowest BCUT2D eigenvalue weighted by Gasteiger charge is -2.25. The first-order valence-electron chi connectivity index (χ1n) is 6.06. The number of thioether (sulfide) groups is 1. The summed E-state index contributed by atoms with van der Waals surface area (Å²) in [6, 6.07) is 1.57. The van der Waals surface area contributed by atoms with Crippen molar-refractivity contribution in [3.63, 3.8) is 0 Å². The van der Waals surface area contributed by atoms with Crippen molar-refractivity contribution in [1.82, 2.24) is 4.98 Å². The number of aromatic carboxylic acids is 1. The summed E-state index contributed by atoms with van der Waals surface area (Å²) >= 11 is 1.94. The molecule has 1 fully saturated rings. The molecule has 0 saturated carbocycles. The SMILES string of the molecule is CC1(C)CCN(c2cnccc2C(=O)O)CCS1. The third-order valence-corrected chi connectivity index (χ3v) is 4.58. The number of pyridine rings is 1. The van der Waals surface area contributed by atoms with Crippen molar-refractivity contribution in [1.29, 1.82) is 0 Å². The Morgan fingerprint density at radius 3 is 3.00 bits per heavy atom. The van der Waals surface area contributed by atoms with Crippen LogP contribution in [-0.4, -0.2) is 39.6 Å². The Hall–Kier alpha value is -1.23. The second-order valence-electron chi connectivity index (χ2n) is 5.04. The maximum atomic E-state index is 11.2. The van der Waals surface area contributed by atoms with Gasteiger partial charge in [-0.25, -0.2) is 4.79 Å². The van der Waals surface area contributed by atoms with Gasteiger partial charge in [0.1, 0.15) is 0 Å². The maximum absolute atomic E-state index is 11.2. The monoisotopic (exact) mass is 266 g/mol. The van der Waals surface area contributed by atoms with E-state index in [1.165, 1.54) is 6.20 Å². The van der Waals surface area contributed by atoms with E-state index in [0.717, 1.165) is 31.0 Å². The summed E-state index contributed by atoms with van der Waals surface area (Å²) in [6.07, 6.45) is 4.24. The molecule has 1 aliphatic heterocycles. The summed E-state index contributed by atoms with van der Waals surface area (Å²) < 4.78 is 0.264. The van der Waals surface area contributed by atoms with E-state index in [9.17, 15) is 9.90 Å². The van der Waals surface area contributed by atoms with Gasteiger partial charge in [-0.3, -0.25) is 4.98 Å². The number of anilines is 1. The minimum absolute atomic E-state index is 0.264. The molecule has 0 spiro atoms. The number of carbonyl (C=O) groups is 1. The Labute approximate surface area is 111 Å². The number of carboxylic acids is 1. The van der Waals surface area contributed by atoms with Crippen LogP contribution in [0.1, 0.15) is 30.6 Å². The van der Waals surface area contributed by atoms with Crippen LogP contribution >= 0.6 is 11.8 Å². The van der Waals surface area contributed by atoms with Gasteiger partial charge in [-0.2, -0.15) is 11.8 Å². The summed E-state index contributed by atoms with van der Waals surface area (Å²) in [5, 5.41) is 9.21. The van der Waals surface area contributed by atoms with Crippen LogP contribution in [0.4, 0.5) is 5.69 Å². The van der Waals surface area contributed by atoms with Crippen molar-refractivity contribution in [2.75, 3.05) is 23.7 Å². The van der Waals surface area contributed by atoms with E-state index in [1.54, 1.807) is 12.3 Å². The number of aromatic nitrogens is 1. The molecule has 0 aliphatic carbocycles. The van der Waals surface area contributed by atoms with Crippen LogP contribution in [-0.2, 0) is 0 Å². The fourth-order valence-corrected chi connectivity index (χ4v) is 3.18. The molecule has 98 valence electrons. The molecule has 0 radical (unpaired) electrons. The molecular weight excluding hydrogens is 248 g/mol. The lowest BCUT2D eigenvalue weighted by molar-refractivity contribution is 0.0697. The van der Waals surface area contributed by atoms with Gasteiger partial charge in [0.05, 0.1) is 17.4 Å². The zero-order valence-corrected chi connectivity index (χ0v) is 11.5. The standard InChI is InChI=1S/C13H18N2O2S/c1-13(2)4-6-15(7-8-18-13)11-9-14-5-3-10(11)12(16)17/h3,5,9H,4,6-8H2,1-2H3,(H,16,17). The van der Waals surface area contributed by atoms with E-state index >= 15 is 0 Å².